The van der Waals surface area contributed by atoms with Crippen LogP contribution in [0.15, 0.2) is 18.2 Å². The Morgan fingerprint density at radius 1 is 1.47 bits per heavy atom. The van der Waals surface area contributed by atoms with E-state index in [4.69, 9.17) is 5.73 Å². The lowest BCUT2D eigenvalue weighted by atomic mass is 10.1. The number of nitrogen functional groups attached to an aromatic ring is 1. The third kappa shape index (κ3) is 2.18. The normalized spacial score (nSPS) is 20.4. The molecule has 1 aliphatic rings. The van der Waals surface area contributed by atoms with Crippen molar-refractivity contribution in [3.05, 3.63) is 24.0 Å². The maximum Gasteiger partial charge on any atom is 0.201 e. The molecular weight excluding hydrogens is 243 g/mol. The lowest BCUT2D eigenvalue weighted by Gasteiger charge is -2.14. The molecule has 1 aliphatic heterocycles. The summed E-state index contributed by atoms with van der Waals surface area (Å²) in [6.07, 6.45) is 1.17. The fourth-order valence-electron chi connectivity index (χ4n) is 2.93. The number of hydrogen-bond donors (Lipinski definition) is 1. The van der Waals surface area contributed by atoms with E-state index < -0.39 is 0 Å². The largest absolute Gasteiger partial charge is 0.369 e. The van der Waals surface area contributed by atoms with Gasteiger partial charge in [-0.25, -0.2) is 9.37 Å². The van der Waals surface area contributed by atoms with Crippen LogP contribution in [0.2, 0.25) is 0 Å². The second-order valence-electron chi connectivity index (χ2n) is 5.24. The van der Waals surface area contributed by atoms with Gasteiger partial charge in [0.15, 0.2) is 5.82 Å². The zero-order chi connectivity index (χ0) is 13.4. The molecule has 0 bridgehead atoms. The van der Waals surface area contributed by atoms with E-state index in [1.165, 1.54) is 12.5 Å². The van der Waals surface area contributed by atoms with Crippen molar-refractivity contribution in [2.45, 2.75) is 19.9 Å². The SMILES string of the molecule is CCN1CCC(Cn2c(N)nc3c(F)cccc32)C1. The highest BCUT2D eigenvalue weighted by molar-refractivity contribution is 5.78. The summed E-state index contributed by atoms with van der Waals surface area (Å²) in [5.74, 6) is 0.683. The molecule has 1 fully saturated rings. The third-order valence-electron chi connectivity index (χ3n) is 4.02. The van der Waals surface area contributed by atoms with E-state index in [9.17, 15) is 4.39 Å². The second kappa shape index (κ2) is 4.81. The Morgan fingerprint density at radius 3 is 3.05 bits per heavy atom. The van der Waals surface area contributed by atoms with Crippen LogP contribution in [0.5, 0.6) is 0 Å². The molecule has 2 N–H and O–H groups in total. The van der Waals surface area contributed by atoms with Crippen molar-refractivity contribution in [2.24, 2.45) is 5.92 Å². The zero-order valence-corrected chi connectivity index (χ0v) is 11.1. The highest BCUT2D eigenvalue weighted by atomic mass is 19.1. The van der Waals surface area contributed by atoms with Gasteiger partial charge in [-0.15, -0.1) is 0 Å². The van der Waals surface area contributed by atoms with Gasteiger partial charge >= 0.3 is 0 Å². The molecule has 2 aromatic rings. The Balaban J connectivity index is 1.89. The van der Waals surface area contributed by atoms with Crippen LogP contribution in [0.3, 0.4) is 0 Å². The predicted molar refractivity (Wildman–Crippen MR) is 74.3 cm³/mol. The number of aromatic nitrogens is 2. The highest BCUT2D eigenvalue weighted by Gasteiger charge is 2.23. The Labute approximate surface area is 112 Å². The van der Waals surface area contributed by atoms with Crippen molar-refractivity contribution in [3.63, 3.8) is 0 Å². The molecule has 102 valence electrons. The standard InChI is InChI=1S/C14H19FN4/c1-2-18-7-6-10(8-18)9-19-12-5-3-4-11(15)13(12)17-14(19)16/h3-5,10H,2,6-9H2,1H3,(H2,16,17). The van der Waals surface area contributed by atoms with Crippen molar-refractivity contribution < 1.29 is 4.39 Å². The molecule has 4 nitrogen and oxygen atoms in total. The molecule has 1 saturated heterocycles. The van der Waals surface area contributed by atoms with Gasteiger partial charge in [-0.05, 0) is 37.6 Å². The predicted octanol–water partition coefficient (Wildman–Crippen LogP) is 2.10. The molecule has 0 amide bonds. The summed E-state index contributed by atoms with van der Waals surface area (Å²) in [4.78, 5) is 6.58. The van der Waals surface area contributed by atoms with Crippen LogP contribution < -0.4 is 5.73 Å². The summed E-state index contributed by atoms with van der Waals surface area (Å²) in [6, 6.07) is 5.02. The number of nitrogens with two attached hydrogens (primary N) is 1. The minimum Gasteiger partial charge on any atom is -0.369 e. The first kappa shape index (κ1) is 12.4. The van der Waals surface area contributed by atoms with Crippen molar-refractivity contribution >= 4 is 17.0 Å². The summed E-state index contributed by atoms with van der Waals surface area (Å²) >= 11 is 0. The fourth-order valence-corrected chi connectivity index (χ4v) is 2.93. The highest BCUT2D eigenvalue weighted by Crippen LogP contribution is 2.24. The minimum absolute atomic E-state index is 0.301. The topological polar surface area (TPSA) is 47.1 Å². The Bertz CT molecular complexity index is 592. The van der Waals surface area contributed by atoms with Gasteiger partial charge in [0, 0.05) is 13.1 Å². The van der Waals surface area contributed by atoms with Crippen LogP contribution in [-0.4, -0.2) is 34.1 Å². The van der Waals surface area contributed by atoms with Crippen LogP contribution in [0.1, 0.15) is 13.3 Å². The van der Waals surface area contributed by atoms with E-state index in [0.717, 1.165) is 31.7 Å². The summed E-state index contributed by atoms with van der Waals surface area (Å²) in [6.45, 7) is 6.32. The number of para-hydroxylation sites is 1. The molecule has 1 aromatic carbocycles. The Kier molecular flexibility index (Phi) is 3.14. The number of hydrogen-bond acceptors (Lipinski definition) is 3. The molecule has 1 atom stereocenters. The number of fused-ring (bicyclic) bond motifs is 1. The fraction of sp³-hybridized carbons (Fsp3) is 0.500. The number of nitrogens with zero attached hydrogens (tertiary/aromatic N) is 3. The van der Waals surface area contributed by atoms with Gasteiger partial charge in [-0.3, -0.25) is 0 Å². The maximum atomic E-state index is 13.7. The number of halogens is 1. The monoisotopic (exact) mass is 262 g/mol. The van der Waals surface area contributed by atoms with Gasteiger partial charge in [0.2, 0.25) is 5.95 Å². The van der Waals surface area contributed by atoms with E-state index in [-0.39, 0.29) is 5.82 Å². The smallest absolute Gasteiger partial charge is 0.201 e. The average Bonchev–Trinajstić information content (AvgIpc) is 2.97. The summed E-state index contributed by atoms with van der Waals surface area (Å²) < 4.78 is 15.6. The van der Waals surface area contributed by atoms with Gasteiger partial charge < -0.3 is 15.2 Å². The van der Waals surface area contributed by atoms with Gasteiger partial charge in [0.1, 0.15) is 5.52 Å². The van der Waals surface area contributed by atoms with Crippen molar-refractivity contribution in [3.8, 4) is 0 Å². The second-order valence-corrected chi connectivity index (χ2v) is 5.24. The Hall–Kier alpha value is -1.62. The third-order valence-corrected chi connectivity index (χ3v) is 4.02. The number of rotatable bonds is 3. The Morgan fingerprint density at radius 2 is 2.32 bits per heavy atom. The molecule has 0 radical (unpaired) electrons. The van der Waals surface area contributed by atoms with E-state index >= 15 is 0 Å². The van der Waals surface area contributed by atoms with Gasteiger partial charge in [0.05, 0.1) is 5.52 Å². The van der Waals surface area contributed by atoms with Gasteiger partial charge in [-0.2, -0.15) is 0 Å². The molecule has 1 unspecified atom stereocenters. The summed E-state index contributed by atoms with van der Waals surface area (Å²) in [5, 5.41) is 0. The van der Waals surface area contributed by atoms with Crippen LogP contribution in [0.4, 0.5) is 10.3 Å². The van der Waals surface area contributed by atoms with E-state index in [0.29, 0.717) is 17.4 Å². The van der Waals surface area contributed by atoms with Crippen LogP contribution in [0.25, 0.3) is 11.0 Å². The van der Waals surface area contributed by atoms with E-state index in [1.807, 2.05) is 10.6 Å². The van der Waals surface area contributed by atoms with Gasteiger partial charge in [0.25, 0.3) is 0 Å². The van der Waals surface area contributed by atoms with Crippen LogP contribution in [0, 0.1) is 11.7 Å². The molecule has 19 heavy (non-hydrogen) atoms. The molecule has 0 spiro atoms. The molecule has 0 aliphatic carbocycles. The minimum atomic E-state index is -0.301. The van der Waals surface area contributed by atoms with Crippen LogP contribution in [-0.2, 0) is 6.54 Å². The summed E-state index contributed by atoms with van der Waals surface area (Å²) in [5.41, 5.74) is 7.12. The lowest BCUT2D eigenvalue weighted by Crippen LogP contribution is -2.21. The molecule has 2 heterocycles. The van der Waals surface area contributed by atoms with E-state index in [1.54, 1.807) is 6.07 Å². The van der Waals surface area contributed by atoms with Crippen molar-refractivity contribution in [1.29, 1.82) is 0 Å². The maximum absolute atomic E-state index is 13.7. The first-order chi connectivity index (χ1) is 9.19. The number of imidazole rings is 1. The lowest BCUT2D eigenvalue weighted by molar-refractivity contribution is 0.334. The number of anilines is 1. The first-order valence-corrected chi connectivity index (χ1v) is 6.81. The van der Waals surface area contributed by atoms with Crippen LogP contribution >= 0.6 is 0 Å². The number of benzene rings is 1. The van der Waals surface area contributed by atoms with Crippen molar-refractivity contribution in [2.75, 3.05) is 25.4 Å². The zero-order valence-electron chi connectivity index (χ0n) is 11.1. The summed E-state index contributed by atoms with van der Waals surface area (Å²) in [7, 11) is 0. The molecule has 0 saturated carbocycles. The molecular formula is C14H19FN4. The molecule has 5 heteroatoms. The number of likely N-dealkylation sites (tertiary alicyclic amines) is 1. The quantitative estimate of drug-likeness (QED) is 0.921. The van der Waals surface area contributed by atoms with Gasteiger partial charge in [-0.1, -0.05) is 13.0 Å². The molecule has 1 aromatic heterocycles. The average molecular weight is 262 g/mol. The van der Waals surface area contributed by atoms with E-state index in [2.05, 4.69) is 16.8 Å². The molecule has 3 rings (SSSR count). The first-order valence-electron chi connectivity index (χ1n) is 6.81. The van der Waals surface area contributed by atoms with Crippen molar-refractivity contribution in [1.82, 2.24) is 14.5 Å².